The number of hydrogen-bond donors (Lipinski definition) is 5. The first-order valence-corrected chi connectivity index (χ1v) is 11.4. The van der Waals surface area contributed by atoms with E-state index in [4.69, 9.17) is 28.7 Å². The van der Waals surface area contributed by atoms with Gasteiger partial charge in [-0.1, -0.05) is 16.7 Å². The lowest BCUT2D eigenvalue weighted by Gasteiger charge is -2.20. The van der Waals surface area contributed by atoms with Crippen LogP contribution >= 0.6 is 11.6 Å². The summed E-state index contributed by atoms with van der Waals surface area (Å²) >= 11 is 6.11. The number of aliphatic imine (C=N–C) groups is 1. The van der Waals surface area contributed by atoms with Crippen LogP contribution in [-0.2, 0) is 4.79 Å². The van der Waals surface area contributed by atoms with Crippen molar-refractivity contribution in [2.45, 2.75) is 18.9 Å². The smallest absolute Gasteiger partial charge is 0.283 e. The van der Waals surface area contributed by atoms with E-state index in [1.165, 1.54) is 24.4 Å². The van der Waals surface area contributed by atoms with Crippen LogP contribution in [0.25, 0.3) is 21.6 Å². The molecule has 0 spiro atoms. The van der Waals surface area contributed by atoms with E-state index in [2.05, 4.69) is 25.3 Å². The second kappa shape index (κ2) is 12.9. The minimum atomic E-state index is -1.09. The summed E-state index contributed by atoms with van der Waals surface area (Å²) in [5, 5.41) is 17.3. The lowest BCUT2D eigenvalue weighted by molar-refractivity contribution is -0.119. The second-order valence-electron chi connectivity index (χ2n) is 7.76. The summed E-state index contributed by atoms with van der Waals surface area (Å²) in [6.07, 6.45) is 3.83. The Morgan fingerprint density at radius 3 is 2.71 bits per heavy atom. The van der Waals surface area contributed by atoms with Gasteiger partial charge in [0.15, 0.2) is 0 Å². The van der Waals surface area contributed by atoms with Crippen molar-refractivity contribution in [3.63, 3.8) is 0 Å². The van der Waals surface area contributed by atoms with Crippen LogP contribution in [0, 0.1) is 0 Å². The van der Waals surface area contributed by atoms with Crippen molar-refractivity contribution in [3.8, 4) is 16.9 Å². The third kappa shape index (κ3) is 6.64. The van der Waals surface area contributed by atoms with E-state index in [1.807, 2.05) is 5.43 Å². The molecule has 0 bridgehead atoms. The number of azide groups is 1. The van der Waals surface area contributed by atoms with Crippen LogP contribution in [0.4, 0.5) is 11.4 Å². The molecular formula is C23H23ClN10O4. The Labute approximate surface area is 220 Å². The number of carbonyl (C=O) groups is 2. The third-order valence-corrected chi connectivity index (χ3v) is 5.59. The molecule has 0 aliphatic rings. The molecule has 0 saturated carbocycles. The number of amides is 2. The molecule has 1 unspecified atom stereocenters. The molecule has 3 aromatic rings. The monoisotopic (exact) mass is 538 g/mol. The topological polar surface area (TPSA) is 226 Å². The SMILES string of the molecule is [N-]=[N+]=NCCCC(C(=O)Nc1ccc(C(=O)NN)nc1)n1cc(O)c(-c2cc(Cl)ccc2N=CN)cc1=O. The first-order chi connectivity index (χ1) is 18.3. The average Bonchev–Trinajstić information content (AvgIpc) is 2.91. The quantitative estimate of drug-likeness (QED) is 0.0298. The number of halogens is 1. The number of rotatable bonds is 10. The van der Waals surface area contributed by atoms with Gasteiger partial charge in [-0.05, 0) is 48.7 Å². The van der Waals surface area contributed by atoms with E-state index in [0.717, 1.165) is 23.2 Å². The largest absolute Gasteiger partial charge is 0.506 e. The van der Waals surface area contributed by atoms with Crippen molar-refractivity contribution in [1.29, 1.82) is 0 Å². The summed E-state index contributed by atoms with van der Waals surface area (Å²) in [5.74, 6) is 3.56. The summed E-state index contributed by atoms with van der Waals surface area (Å²) in [6, 6.07) is 7.54. The Balaban J connectivity index is 1.98. The number of carbonyl (C=O) groups excluding carboxylic acids is 2. The number of anilines is 1. The maximum Gasteiger partial charge on any atom is 0.283 e. The van der Waals surface area contributed by atoms with Gasteiger partial charge in [0.05, 0.1) is 30.1 Å². The summed E-state index contributed by atoms with van der Waals surface area (Å²) < 4.78 is 1.07. The highest BCUT2D eigenvalue weighted by Gasteiger charge is 2.24. The van der Waals surface area contributed by atoms with Gasteiger partial charge in [-0.15, -0.1) is 0 Å². The predicted molar refractivity (Wildman–Crippen MR) is 142 cm³/mol. The number of aromatic hydroxyl groups is 1. The van der Waals surface area contributed by atoms with Crippen LogP contribution in [0.3, 0.4) is 0 Å². The van der Waals surface area contributed by atoms with Gasteiger partial charge in [-0.2, -0.15) is 0 Å². The lowest BCUT2D eigenvalue weighted by atomic mass is 10.0. The Kier molecular flexibility index (Phi) is 9.37. The first-order valence-electron chi connectivity index (χ1n) is 11.1. The van der Waals surface area contributed by atoms with Crippen molar-refractivity contribution >= 4 is 41.1 Å². The normalized spacial score (nSPS) is 11.5. The van der Waals surface area contributed by atoms with Gasteiger partial charge in [0.25, 0.3) is 11.5 Å². The molecule has 38 heavy (non-hydrogen) atoms. The number of pyridine rings is 2. The van der Waals surface area contributed by atoms with Crippen LogP contribution in [-0.4, -0.2) is 39.4 Å². The molecule has 7 N–H and O–H groups in total. The Morgan fingerprint density at radius 2 is 2.05 bits per heavy atom. The maximum absolute atomic E-state index is 13.2. The maximum atomic E-state index is 13.2. The van der Waals surface area contributed by atoms with Gasteiger partial charge in [0.2, 0.25) is 5.91 Å². The van der Waals surface area contributed by atoms with E-state index in [-0.39, 0.29) is 42.1 Å². The number of hydrogen-bond acceptors (Lipinski definition) is 8. The fourth-order valence-corrected chi connectivity index (χ4v) is 3.78. The van der Waals surface area contributed by atoms with Gasteiger partial charge in [0, 0.05) is 33.7 Å². The molecule has 1 atom stereocenters. The highest BCUT2D eigenvalue weighted by Crippen LogP contribution is 2.37. The van der Waals surface area contributed by atoms with Crippen LogP contribution in [0.2, 0.25) is 5.02 Å². The first kappa shape index (κ1) is 27.7. The van der Waals surface area contributed by atoms with E-state index < -0.39 is 23.4 Å². The molecule has 0 radical (unpaired) electrons. The Bertz CT molecular complexity index is 1470. The lowest BCUT2D eigenvalue weighted by Crippen LogP contribution is -2.33. The molecule has 3 rings (SSSR count). The molecule has 14 nitrogen and oxygen atoms in total. The third-order valence-electron chi connectivity index (χ3n) is 5.35. The molecular weight excluding hydrogens is 516 g/mol. The number of nitrogens with two attached hydrogens (primary N) is 2. The van der Waals surface area contributed by atoms with Crippen molar-refractivity contribution in [1.82, 2.24) is 15.0 Å². The van der Waals surface area contributed by atoms with Crippen LogP contribution in [0.15, 0.2) is 63.7 Å². The van der Waals surface area contributed by atoms with Gasteiger partial charge in [0.1, 0.15) is 17.5 Å². The van der Waals surface area contributed by atoms with Crippen LogP contribution < -0.4 is 27.9 Å². The molecule has 0 fully saturated rings. The van der Waals surface area contributed by atoms with Gasteiger partial charge in [-0.25, -0.2) is 15.8 Å². The molecule has 0 aliphatic carbocycles. The molecule has 196 valence electrons. The standard InChI is InChI=1S/C23H23ClN10O4/c24-13-3-5-17(29-12-25)15(8-13)16-9-21(36)34(11-20(16)35)19(2-1-7-30-33-27)23(38)31-14-4-6-18(28-10-14)22(37)32-26/h3-6,8-12,19,35H,1-2,7,26H2,(H2,25,29)(H,31,38)(H,32,37). The average molecular weight is 539 g/mol. The minimum Gasteiger partial charge on any atom is -0.506 e. The minimum absolute atomic E-state index is 0.0347. The van der Waals surface area contributed by atoms with Crippen molar-refractivity contribution in [3.05, 3.63) is 80.3 Å². The molecule has 0 saturated heterocycles. The summed E-state index contributed by atoms with van der Waals surface area (Å²) in [5.41, 5.74) is 16.5. The molecule has 0 aliphatic heterocycles. The molecule has 2 aromatic heterocycles. The summed E-state index contributed by atoms with van der Waals surface area (Å²) in [7, 11) is 0. The van der Waals surface area contributed by atoms with Crippen molar-refractivity contribution < 1.29 is 14.7 Å². The highest BCUT2D eigenvalue weighted by atomic mass is 35.5. The second-order valence-corrected chi connectivity index (χ2v) is 8.20. The zero-order valence-corrected chi connectivity index (χ0v) is 20.5. The van der Waals surface area contributed by atoms with Gasteiger partial charge in [-0.3, -0.25) is 24.4 Å². The van der Waals surface area contributed by atoms with Crippen molar-refractivity contribution in [2.24, 2.45) is 21.7 Å². The zero-order chi connectivity index (χ0) is 27.7. The van der Waals surface area contributed by atoms with Crippen LogP contribution in [0.1, 0.15) is 29.4 Å². The van der Waals surface area contributed by atoms with E-state index in [1.54, 1.807) is 12.1 Å². The highest BCUT2D eigenvalue weighted by molar-refractivity contribution is 6.31. The summed E-state index contributed by atoms with van der Waals surface area (Å²) in [4.78, 5) is 48.6. The number of nitrogen functional groups attached to an aromatic ring is 1. The molecule has 2 amide bonds. The number of nitrogens with one attached hydrogen (secondary N) is 2. The zero-order valence-electron chi connectivity index (χ0n) is 19.8. The van der Waals surface area contributed by atoms with Gasteiger partial charge < -0.3 is 16.2 Å². The Morgan fingerprint density at radius 1 is 1.26 bits per heavy atom. The fraction of sp³-hybridized carbons (Fsp3) is 0.174. The fourth-order valence-electron chi connectivity index (χ4n) is 3.61. The van der Waals surface area contributed by atoms with E-state index in [0.29, 0.717) is 16.3 Å². The van der Waals surface area contributed by atoms with Crippen LogP contribution in [0.5, 0.6) is 5.75 Å². The van der Waals surface area contributed by atoms with E-state index in [9.17, 15) is 19.5 Å². The summed E-state index contributed by atoms with van der Waals surface area (Å²) in [6.45, 7) is 0.0898. The Hall–Kier alpha value is -4.91. The van der Waals surface area contributed by atoms with Gasteiger partial charge >= 0.3 is 0 Å². The number of aromatic nitrogens is 2. The molecule has 15 heteroatoms. The molecule has 2 heterocycles. The number of benzene rings is 1. The molecule has 1 aromatic carbocycles. The predicted octanol–water partition coefficient (Wildman–Crippen LogP) is 2.76. The number of nitrogens with zero attached hydrogens (tertiary/aromatic N) is 6. The van der Waals surface area contributed by atoms with E-state index >= 15 is 0 Å². The number of hydrazine groups is 1. The van der Waals surface area contributed by atoms with Crippen molar-refractivity contribution in [2.75, 3.05) is 11.9 Å².